The van der Waals surface area contributed by atoms with Crippen molar-refractivity contribution < 1.29 is 4.74 Å². The molecule has 0 saturated carbocycles. The fraction of sp³-hybridized carbons (Fsp3) is 0.0476. The molecule has 4 rings (SSSR count). The average Bonchev–Trinajstić information content (AvgIpc) is 3.11. The number of rotatable bonds is 5. The molecule has 1 aromatic heterocycles. The number of nitrogens with one attached hydrogen (secondary N) is 2. The van der Waals surface area contributed by atoms with Crippen molar-refractivity contribution in [3.8, 4) is 17.6 Å². The van der Waals surface area contributed by atoms with Crippen LogP contribution >= 0.6 is 0 Å². The van der Waals surface area contributed by atoms with Gasteiger partial charge in [0, 0.05) is 6.54 Å². The molecule has 3 aromatic carbocycles. The number of aromatic nitrogens is 2. The molecule has 0 unspecified atom stereocenters. The third-order valence-corrected chi connectivity index (χ3v) is 4.00. The van der Waals surface area contributed by atoms with Crippen molar-refractivity contribution >= 4 is 17.0 Å². The molecule has 126 valence electrons. The Labute approximate surface area is 150 Å². The van der Waals surface area contributed by atoms with Crippen LogP contribution in [0.3, 0.4) is 0 Å². The lowest BCUT2D eigenvalue weighted by Crippen LogP contribution is -2.00. The molecule has 4 aromatic rings. The van der Waals surface area contributed by atoms with Gasteiger partial charge in [-0.25, -0.2) is 4.98 Å². The van der Waals surface area contributed by atoms with Gasteiger partial charge in [0.2, 0.25) is 5.95 Å². The quantitative estimate of drug-likeness (QED) is 0.545. The van der Waals surface area contributed by atoms with Crippen LogP contribution in [0.5, 0.6) is 11.5 Å². The fourth-order valence-corrected chi connectivity index (χ4v) is 2.69. The van der Waals surface area contributed by atoms with Gasteiger partial charge in [-0.2, -0.15) is 5.26 Å². The lowest BCUT2D eigenvalue weighted by atomic mass is 10.2. The van der Waals surface area contributed by atoms with Crippen LogP contribution in [-0.4, -0.2) is 9.97 Å². The van der Waals surface area contributed by atoms with Crippen molar-refractivity contribution in [1.29, 1.82) is 5.26 Å². The summed E-state index contributed by atoms with van der Waals surface area (Å²) in [5, 5.41) is 12.4. The van der Waals surface area contributed by atoms with Gasteiger partial charge in [0.1, 0.15) is 23.1 Å². The molecule has 0 fully saturated rings. The third-order valence-electron chi connectivity index (χ3n) is 4.00. The van der Waals surface area contributed by atoms with Gasteiger partial charge in [-0.3, -0.25) is 0 Å². The molecule has 5 nitrogen and oxygen atoms in total. The number of aromatic amines is 1. The van der Waals surface area contributed by atoms with E-state index in [4.69, 9.17) is 10.00 Å². The minimum absolute atomic E-state index is 0.564. The molecule has 26 heavy (non-hydrogen) atoms. The predicted octanol–water partition coefficient (Wildman–Crippen LogP) is 4.84. The van der Waals surface area contributed by atoms with E-state index in [1.165, 1.54) is 0 Å². The van der Waals surface area contributed by atoms with Crippen molar-refractivity contribution in [2.45, 2.75) is 6.54 Å². The summed E-state index contributed by atoms with van der Waals surface area (Å²) < 4.78 is 5.79. The molecule has 0 bridgehead atoms. The maximum Gasteiger partial charge on any atom is 0.201 e. The van der Waals surface area contributed by atoms with E-state index in [2.05, 4.69) is 21.4 Å². The van der Waals surface area contributed by atoms with Gasteiger partial charge in [-0.15, -0.1) is 0 Å². The third kappa shape index (κ3) is 3.35. The van der Waals surface area contributed by atoms with E-state index in [0.29, 0.717) is 23.6 Å². The monoisotopic (exact) mass is 340 g/mol. The molecular weight excluding hydrogens is 324 g/mol. The Kier molecular flexibility index (Phi) is 4.23. The predicted molar refractivity (Wildman–Crippen MR) is 101 cm³/mol. The van der Waals surface area contributed by atoms with Crippen molar-refractivity contribution in [2.75, 3.05) is 5.32 Å². The Hall–Kier alpha value is -3.78. The van der Waals surface area contributed by atoms with Gasteiger partial charge in [-0.05, 0) is 42.0 Å². The summed E-state index contributed by atoms with van der Waals surface area (Å²) in [5.74, 6) is 2.25. The Bertz CT molecular complexity index is 1060. The van der Waals surface area contributed by atoms with Gasteiger partial charge in [0.05, 0.1) is 11.1 Å². The molecule has 0 atom stereocenters. The maximum absolute atomic E-state index is 9.15. The first-order valence-corrected chi connectivity index (χ1v) is 8.26. The Balaban J connectivity index is 1.43. The molecular formula is C21H16N4O. The zero-order valence-corrected chi connectivity index (χ0v) is 13.9. The zero-order valence-electron chi connectivity index (χ0n) is 13.9. The van der Waals surface area contributed by atoms with E-state index in [1.807, 2.05) is 66.7 Å². The van der Waals surface area contributed by atoms with Crippen molar-refractivity contribution in [3.63, 3.8) is 0 Å². The topological polar surface area (TPSA) is 73.7 Å². The maximum atomic E-state index is 9.15. The molecule has 0 aliphatic heterocycles. The molecule has 0 saturated heterocycles. The van der Waals surface area contributed by atoms with Gasteiger partial charge in [-0.1, -0.05) is 36.4 Å². The van der Waals surface area contributed by atoms with Crippen LogP contribution in [0, 0.1) is 11.3 Å². The van der Waals surface area contributed by atoms with Crippen LogP contribution in [0.15, 0.2) is 72.8 Å². The minimum atomic E-state index is 0.564. The fourth-order valence-electron chi connectivity index (χ4n) is 2.69. The van der Waals surface area contributed by atoms with Gasteiger partial charge < -0.3 is 15.0 Å². The Morgan fingerprint density at radius 3 is 2.46 bits per heavy atom. The van der Waals surface area contributed by atoms with Crippen molar-refractivity contribution in [3.05, 3.63) is 83.9 Å². The second-order valence-corrected chi connectivity index (χ2v) is 5.81. The summed E-state index contributed by atoms with van der Waals surface area (Å²) in [7, 11) is 0. The van der Waals surface area contributed by atoms with E-state index in [1.54, 1.807) is 6.07 Å². The van der Waals surface area contributed by atoms with Crippen LogP contribution in [0.1, 0.15) is 11.1 Å². The number of imidazole rings is 1. The highest BCUT2D eigenvalue weighted by atomic mass is 16.5. The summed E-state index contributed by atoms with van der Waals surface area (Å²) in [4.78, 5) is 7.64. The molecule has 1 heterocycles. The van der Waals surface area contributed by atoms with Gasteiger partial charge >= 0.3 is 0 Å². The number of anilines is 1. The molecule has 0 radical (unpaired) electrons. The van der Waals surface area contributed by atoms with Gasteiger partial charge in [0.15, 0.2) is 0 Å². The summed E-state index contributed by atoms with van der Waals surface area (Å²) >= 11 is 0. The molecule has 0 aliphatic carbocycles. The SMILES string of the molecule is N#Cc1cccc2[nH]c(NCc3ccc(Oc4ccccc4)cc3)nc12. The largest absolute Gasteiger partial charge is 0.457 e. The number of H-pyrrole nitrogens is 1. The zero-order chi connectivity index (χ0) is 17.8. The number of hydrogen-bond acceptors (Lipinski definition) is 4. The van der Waals surface area contributed by atoms with E-state index in [9.17, 15) is 0 Å². The van der Waals surface area contributed by atoms with Crippen molar-refractivity contribution in [2.24, 2.45) is 0 Å². The van der Waals surface area contributed by atoms with Crippen LogP contribution in [-0.2, 0) is 6.54 Å². The average molecular weight is 340 g/mol. The minimum Gasteiger partial charge on any atom is -0.457 e. The summed E-state index contributed by atoms with van der Waals surface area (Å²) in [6, 6.07) is 25.3. The number of nitriles is 1. The second-order valence-electron chi connectivity index (χ2n) is 5.81. The summed E-state index contributed by atoms with van der Waals surface area (Å²) in [5.41, 5.74) is 3.20. The Morgan fingerprint density at radius 2 is 1.69 bits per heavy atom. The number of ether oxygens (including phenoxy) is 1. The smallest absolute Gasteiger partial charge is 0.201 e. The van der Waals surface area contributed by atoms with E-state index < -0.39 is 0 Å². The number of para-hydroxylation sites is 2. The molecule has 0 spiro atoms. The van der Waals surface area contributed by atoms with Gasteiger partial charge in [0.25, 0.3) is 0 Å². The highest BCUT2D eigenvalue weighted by Crippen LogP contribution is 2.22. The van der Waals surface area contributed by atoms with Crippen molar-refractivity contribution in [1.82, 2.24) is 9.97 Å². The molecule has 0 amide bonds. The second kappa shape index (κ2) is 6.99. The van der Waals surface area contributed by atoms with E-state index >= 15 is 0 Å². The highest BCUT2D eigenvalue weighted by Gasteiger charge is 2.06. The first-order valence-electron chi connectivity index (χ1n) is 8.26. The van der Waals surface area contributed by atoms with Crippen LogP contribution < -0.4 is 10.1 Å². The Morgan fingerprint density at radius 1 is 0.923 bits per heavy atom. The number of hydrogen-bond donors (Lipinski definition) is 2. The highest BCUT2D eigenvalue weighted by molar-refractivity contribution is 5.83. The number of fused-ring (bicyclic) bond motifs is 1. The summed E-state index contributed by atoms with van der Waals surface area (Å²) in [6.07, 6.45) is 0. The van der Waals surface area contributed by atoms with Crippen LogP contribution in [0.25, 0.3) is 11.0 Å². The first-order chi connectivity index (χ1) is 12.8. The summed E-state index contributed by atoms with van der Waals surface area (Å²) in [6.45, 7) is 0.618. The normalized spacial score (nSPS) is 10.4. The van der Waals surface area contributed by atoms with Crippen LogP contribution in [0.4, 0.5) is 5.95 Å². The molecule has 5 heteroatoms. The number of benzene rings is 3. The standard InChI is InChI=1S/C21H16N4O/c22-13-16-5-4-8-19-20(16)25-21(24-19)23-14-15-9-11-18(12-10-15)26-17-6-2-1-3-7-17/h1-12H,14H2,(H2,23,24,25). The van der Waals surface area contributed by atoms with E-state index in [0.717, 1.165) is 22.6 Å². The molecule has 2 N–H and O–H groups in total. The lowest BCUT2D eigenvalue weighted by molar-refractivity contribution is 0.482. The first kappa shape index (κ1) is 15.7. The molecule has 0 aliphatic rings. The lowest BCUT2D eigenvalue weighted by Gasteiger charge is -2.07. The van der Waals surface area contributed by atoms with Crippen LogP contribution in [0.2, 0.25) is 0 Å². The van der Waals surface area contributed by atoms with E-state index in [-0.39, 0.29) is 0 Å². The number of nitrogens with zero attached hydrogens (tertiary/aromatic N) is 2.